The van der Waals surface area contributed by atoms with Gasteiger partial charge in [-0.25, -0.2) is 9.97 Å². The summed E-state index contributed by atoms with van der Waals surface area (Å²) in [4.78, 5) is 8.74. The van der Waals surface area contributed by atoms with Gasteiger partial charge in [0, 0.05) is 11.1 Å². The van der Waals surface area contributed by atoms with Gasteiger partial charge < -0.3 is 20.7 Å². The SMILES string of the molecule is CB(O)N[C@H]1CC[C@H](Oc2ccc3c(c2)CC(C)(C)c2c(N)ncnc2-3)CC1. The van der Waals surface area contributed by atoms with Crippen LogP contribution in [-0.4, -0.2) is 34.2 Å². The number of nitrogens with zero attached hydrogens (tertiary/aromatic N) is 2. The Balaban J connectivity index is 1.52. The maximum absolute atomic E-state index is 9.49. The van der Waals surface area contributed by atoms with Crippen molar-refractivity contribution in [3.63, 3.8) is 0 Å². The topological polar surface area (TPSA) is 93.3 Å². The number of fused-ring (bicyclic) bond motifs is 3. The normalized spacial score (nSPS) is 22.9. The fraction of sp³-hybridized carbons (Fsp3) is 0.524. The van der Waals surface area contributed by atoms with Crippen molar-refractivity contribution in [2.45, 2.75) is 70.3 Å². The minimum absolute atomic E-state index is 0.114. The molecule has 0 aliphatic heterocycles. The first-order chi connectivity index (χ1) is 13.3. The lowest BCUT2D eigenvalue weighted by Crippen LogP contribution is -2.43. The molecule has 7 heteroatoms. The average Bonchev–Trinajstić information content (AvgIpc) is 2.62. The molecule has 0 radical (unpaired) electrons. The van der Waals surface area contributed by atoms with Crippen LogP contribution in [0.4, 0.5) is 5.82 Å². The fourth-order valence-electron chi connectivity index (χ4n) is 4.74. The highest BCUT2D eigenvalue weighted by atomic mass is 16.5. The number of anilines is 1. The minimum Gasteiger partial charge on any atom is -0.490 e. The number of nitrogens with one attached hydrogen (secondary N) is 1. The van der Waals surface area contributed by atoms with Crippen molar-refractivity contribution in [1.82, 2.24) is 15.2 Å². The molecule has 0 amide bonds. The van der Waals surface area contributed by atoms with E-state index in [-0.39, 0.29) is 11.5 Å². The van der Waals surface area contributed by atoms with E-state index in [4.69, 9.17) is 10.5 Å². The van der Waals surface area contributed by atoms with Crippen molar-refractivity contribution in [3.8, 4) is 17.0 Å². The van der Waals surface area contributed by atoms with E-state index in [0.717, 1.165) is 54.7 Å². The van der Waals surface area contributed by atoms with Crippen LogP contribution in [-0.2, 0) is 11.8 Å². The van der Waals surface area contributed by atoms with Crippen LogP contribution in [0.1, 0.15) is 50.7 Å². The van der Waals surface area contributed by atoms with Gasteiger partial charge in [-0.15, -0.1) is 0 Å². The molecule has 0 unspecified atom stereocenters. The summed E-state index contributed by atoms with van der Waals surface area (Å²) in [5, 5.41) is 12.7. The summed E-state index contributed by atoms with van der Waals surface area (Å²) in [6.45, 7) is 6.16. The van der Waals surface area contributed by atoms with Crippen LogP contribution in [0, 0.1) is 0 Å². The zero-order valence-electron chi connectivity index (χ0n) is 16.9. The first kappa shape index (κ1) is 19.2. The van der Waals surface area contributed by atoms with E-state index in [1.54, 1.807) is 13.2 Å². The largest absolute Gasteiger partial charge is 0.490 e. The Morgan fingerprint density at radius 2 is 1.96 bits per heavy atom. The molecular formula is C21H29BN4O2. The molecule has 28 heavy (non-hydrogen) atoms. The van der Waals surface area contributed by atoms with Gasteiger partial charge in [0.25, 0.3) is 0 Å². The van der Waals surface area contributed by atoms with E-state index in [1.165, 1.54) is 5.56 Å². The van der Waals surface area contributed by atoms with Gasteiger partial charge in [-0.1, -0.05) is 13.8 Å². The monoisotopic (exact) mass is 380 g/mol. The molecule has 2 aromatic rings. The summed E-state index contributed by atoms with van der Waals surface area (Å²) in [7, 11) is -0.452. The Kier molecular flexibility index (Phi) is 5.06. The summed E-state index contributed by atoms with van der Waals surface area (Å²) in [5.41, 5.74) is 10.4. The lowest BCUT2D eigenvalue weighted by molar-refractivity contribution is 0.143. The molecule has 0 spiro atoms. The second kappa shape index (κ2) is 7.37. The molecule has 1 fully saturated rings. The fourth-order valence-corrected chi connectivity index (χ4v) is 4.74. The first-order valence-electron chi connectivity index (χ1n) is 10.2. The van der Waals surface area contributed by atoms with Gasteiger partial charge in [0.2, 0.25) is 0 Å². The summed E-state index contributed by atoms with van der Waals surface area (Å²) in [6, 6.07) is 6.69. The predicted octanol–water partition coefficient (Wildman–Crippen LogP) is 2.95. The second-order valence-corrected chi connectivity index (χ2v) is 8.80. The van der Waals surface area contributed by atoms with Crippen molar-refractivity contribution in [2.75, 3.05) is 5.73 Å². The van der Waals surface area contributed by atoms with Crippen molar-refractivity contribution in [1.29, 1.82) is 0 Å². The summed E-state index contributed by atoms with van der Waals surface area (Å²) in [5.74, 6) is 1.50. The van der Waals surface area contributed by atoms with Crippen LogP contribution in [0.15, 0.2) is 24.5 Å². The number of hydrogen-bond donors (Lipinski definition) is 3. The number of aromatic nitrogens is 2. The van der Waals surface area contributed by atoms with E-state index in [9.17, 15) is 5.02 Å². The lowest BCUT2D eigenvalue weighted by Gasteiger charge is -2.34. The summed E-state index contributed by atoms with van der Waals surface area (Å²) in [6.07, 6.45) is 6.71. The molecule has 0 bridgehead atoms. The van der Waals surface area contributed by atoms with E-state index in [2.05, 4.69) is 41.2 Å². The Morgan fingerprint density at radius 3 is 2.68 bits per heavy atom. The highest BCUT2D eigenvalue weighted by Gasteiger charge is 2.34. The standard InChI is InChI=1S/C21H29BN4O2/c1-21(2)11-13-10-16(28-15-6-4-14(5-7-15)26-22(3)27)8-9-17(13)19-18(21)20(23)25-12-24-19/h8-10,12,14-15,26-27H,4-7,11H2,1-3H3,(H2,23,24,25)/t14-,15-. The molecule has 1 saturated carbocycles. The molecule has 1 aromatic heterocycles. The number of nitrogens with two attached hydrogens (primary N) is 1. The molecule has 0 saturated heterocycles. The van der Waals surface area contributed by atoms with E-state index in [0.29, 0.717) is 11.9 Å². The quantitative estimate of drug-likeness (QED) is 0.707. The smallest absolute Gasteiger partial charge is 0.373 e. The zero-order valence-corrected chi connectivity index (χ0v) is 16.9. The molecule has 2 aliphatic carbocycles. The summed E-state index contributed by atoms with van der Waals surface area (Å²) >= 11 is 0. The number of hydrogen-bond acceptors (Lipinski definition) is 6. The minimum atomic E-state index is -0.452. The molecule has 1 aromatic carbocycles. The highest BCUT2D eigenvalue weighted by molar-refractivity contribution is 6.45. The molecule has 1 heterocycles. The Morgan fingerprint density at radius 1 is 1.21 bits per heavy atom. The van der Waals surface area contributed by atoms with Crippen LogP contribution in [0.25, 0.3) is 11.3 Å². The van der Waals surface area contributed by atoms with Gasteiger partial charge in [-0.2, -0.15) is 0 Å². The van der Waals surface area contributed by atoms with Crippen molar-refractivity contribution < 1.29 is 9.76 Å². The van der Waals surface area contributed by atoms with Crippen molar-refractivity contribution in [3.05, 3.63) is 35.7 Å². The third-order valence-corrected chi connectivity index (χ3v) is 5.97. The maximum Gasteiger partial charge on any atom is 0.373 e. The van der Waals surface area contributed by atoms with Gasteiger partial charge in [0.05, 0.1) is 11.8 Å². The van der Waals surface area contributed by atoms with Crippen LogP contribution in [0.2, 0.25) is 6.82 Å². The Bertz CT molecular complexity index is 863. The molecular weight excluding hydrogens is 351 g/mol. The maximum atomic E-state index is 9.49. The third-order valence-electron chi connectivity index (χ3n) is 5.97. The van der Waals surface area contributed by atoms with E-state index in [1.807, 2.05) is 6.07 Å². The van der Waals surface area contributed by atoms with Gasteiger partial charge in [-0.05, 0) is 74.1 Å². The first-order valence-corrected chi connectivity index (χ1v) is 10.2. The highest BCUT2D eigenvalue weighted by Crippen LogP contribution is 2.44. The van der Waals surface area contributed by atoms with E-state index >= 15 is 0 Å². The third kappa shape index (κ3) is 3.73. The molecule has 6 nitrogen and oxygen atoms in total. The average molecular weight is 380 g/mol. The second-order valence-electron chi connectivity index (χ2n) is 8.80. The van der Waals surface area contributed by atoms with E-state index < -0.39 is 7.05 Å². The molecule has 2 aliphatic rings. The van der Waals surface area contributed by atoms with Crippen molar-refractivity contribution in [2.24, 2.45) is 0 Å². The van der Waals surface area contributed by atoms with Crippen LogP contribution >= 0.6 is 0 Å². The number of benzene rings is 1. The zero-order chi connectivity index (χ0) is 19.9. The van der Waals surface area contributed by atoms with Gasteiger partial charge in [-0.3, -0.25) is 0 Å². The number of ether oxygens (including phenoxy) is 1. The lowest BCUT2D eigenvalue weighted by atomic mass is 9.72. The molecule has 0 atom stereocenters. The van der Waals surface area contributed by atoms with Crippen LogP contribution in [0.3, 0.4) is 0 Å². The molecule has 4 rings (SSSR count). The van der Waals surface area contributed by atoms with Gasteiger partial charge >= 0.3 is 7.05 Å². The number of nitrogen functional groups attached to an aromatic ring is 1. The summed E-state index contributed by atoms with van der Waals surface area (Å²) < 4.78 is 6.31. The Labute approximate surface area is 167 Å². The van der Waals surface area contributed by atoms with Crippen molar-refractivity contribution >= 4 is 12.9 Å². The predicted molar refractivity (Wildman–Crippen MR) is 112 cm³/mol. The van der Waals surface area contributed by atoms with Crippen LogP contribution in [0.5, 0.6) is 5.75 Å². The Hall–Kier alpha value is -2.12. The molecule has 4 N–H and O–H groups in total. The van der Waals surface area contributed by atoms with Gasteiger partial charge in [0.1, 0.15) is 17.9 Å². The molecule has 148 valence electrons. The number of rotatable bonds is 4. The van der Waals surface area contributed by atoms with Crippen LogP contribution < -0.4 is 15.7 Å². The van der Waals surface area contributed by atoms with Gasteiger partial charge in [0.15, 0.2) is 0 Å².